The minimum Gasteiger partial charge on any atom is -0.298 e. The highest BCUT2D eigenvalue weighted by Gasteiger charge is 2.19. The van der Waals surface area contributed by atoms with Gasteiger partial charge in [-0.25, -0.2) is 27.3 Å². The molecule has 0 fully saturated rings. The Labute approximate surface area is 114 Å². The van der Waals surface area contributed by atoms with E-state index in [9.17, 15) is 13.2 Å². The molecule has 0 aliphatic carbocycles. The van der Waals surface area contributed by atoms with Crippen molar-refractivity contribution in [1.82, 2.24) is 18.9 Å². The first-order valence-corrected chi connectivity index (χ1v) is 7.01. The second kappa shape index (κ2) is 4.49. The molecule has 0 saturated heterocycles. The van der Waals surface area contributed by atoms with E-state index in [1.807, 2.05) is 0 Å². The quantitative estimate of drug-likeness (QED) is 0.664. The third kappa shape index (κ3) is 1.86. The van der Waals surface area contributed by atoms with Crippen LogP contribution in [0.1, 0.15) is 10.4 Å². The molecular weight excluding hydrogens is 280 g/mol. The molecule has 3 rings (SSSR count). The van der Waals surface area contributed by atoms with E-state index in [2.05, 4.69) is 15.0 Å². The van der Waals surface area contributed by atoms with Gasteiger partial charge in [0, 0.05) is 5.56 Å². The number of carbonyl (C=O) groups is 1. The Morgan fingerprint density at radius 1 is 1.10 bits per heavy atom. The van der Waals surface area contributed by atoms with Crippen molar-refractivity contribution < 1.29 is 13.2 Å². The average molecular weight is 288 g/mol. The lowest BCUT2D eigenvalue weighted by molar-refractivity contribution is 0.112. The lowest BCUT2D eigenvalue weighted by Gasteiger charge is -2.06. The lowest BCUT2D eigenvalue weighted by atomic mass is 10.2. The van der Waals surface area contributed by atoms with Crippen LogP contribution in [0.15, 0.2) is 48.0 Å². The first-order chi connectivity index (χ1) is 9.63. The summed E-state index contributed by atoms with van der Waals surface area (Å²) in [4.78, 5) is 22.3. The smallest absolute Gasteiger partial charge is 0.269 e. The Kier molecular flexibility index (Phi) is 2.79. The van der Waals surface area contributed by atoms with Crippen molar-refractivity contribution in [2.45, 2.75) is 4.90 Å². The molecule has 0 amide bonds. The van der Waals surface area contributed by atoms with Gasteiger partial charge in [-0.15, -0.1) is 0 Å². The Hall–Kier alpha value is -2.61. The molecule has 0 aliphatic heterocycles. The summed E-state index contributed by atoms with van der Waals surface area (Å²) in [6, 6.07) is 5.62. The predicted octanol–water partition coefficient (Wildman–Crippen LogP) is 0.876. The minimum atomic E-state index is -3.79. The number of benzene rings is 1. The maximum atomic E-state index is 12.5. The highest BCUT2D eigenvalue weighted by Crippen LogP contribution is 2.18. The second-order valence-corrected chi connectivity index (χ2v) is 5.78. The van der Waals surface area contributed by atoms with Crippen molar-refractivity contribution in [2.24, 2.45) is 0 Å². The molecule has 2 aromatic heterocycles. The largest absolute Gasteiger partial charge is 0.298 e. The van der Waals surface area contributed by atoms with E-state index in [-0.39, 0.29) is 4.90 Å². The summed E-state index contributed by atoms with van der Waals surface area (Å²) in [7, 11) is -3.79. The summed E-state index contributed by atoms with van der Waals surface area (Å²) in [6.07, 6.45) is 4.51. The maximum absolute atomic E-state index is 12.5. The van der Waals surface area contributed by atoms with Gasteiger partial charge in [0.2, 0.25) is 0 Å². The maximum Gasteiger partial charge on any atom is 0.269 e. The first kappa shape index (κ1) is 12.4. The molecule has 0 atom stereocenters. The van der Waals surface area contributed by atoms with E-state index >= 15 is 0 Å². The summed E-state index contributed by atoms with van der Waals surface area (Å²) >= 11 is 0. The fraction of sp³-hybridized carbons (Fsp3) is 0. The van der Waals surface area contributed by atoms with Crippen molar-refractivity contribution >= 4 is 27.5 Å². The van der Waals surface area contributed by atoms with E-state index in [1.54, 1.807) is 0 Å². The molecule has 0 radical (unpaired) electrons. The minimum absolute atomic E-state index is 0.0613. The van der Waals surface area contributed by atoms with Gasteiger partial charge in [0.25, 0.3) is 10.0 Å². The fourth-order valence-corrected chi connectivity index (χ4v) is 3.03. The molecule has 0 aliphatic rings. The lowest BCUT2D eigenvalue weighted by Crippen LogP contribution is -2.12. The van der Waals surface area contributed by atoms with E-state index < -0.39 is 10.0 Å². The van der Waals surface area contributed by atoms with Gasteiger partial charge in [-0.1, -0.05) is 12.1 Å². The molecule has 7 nitrogen and oxygen atoms in total. The van der Waals surface area contributed by atoms with Gasteiger partial charge in [0.15, 0.2) is 5.65 Å². The summed E-state index contributed by atoms with van der Waals surface area (Å²) in [5.74, 6) is 0. The number of aromatic nitrogens is 4. The number of carbonyl (C=O) groups excluding carboxylic acids is 1. The highest BCUT2D eigenvalue weighted by atomic mass is 32.2. The van der Waals surface area contributed by atoms with E-state index in [0.29, 0.717) is 23.0 Å². The van der Waals surface area contributed by atoms with Crippen LogP contribution in [0.5, 0.6) is 0 Å². The summed E-state index contributed by atoms with van der Waals surface area (Å²) < 4.78 is 26.0. The standard InChI is InChI=1S/C12H8N4O3S/c17-6-9-1-3-10(4-2-9)20(18,19)16-8-15-12-11(16)5-13-7-14-12/h1-8H. The van der Waals surface area contributed by atoms with Crippen LogP contribution in [-0.2, 0) is 10.0 Å². The molecule has 0 bridgehead atoms. The van der Waals surface area contributed by atoms with E-state index in [4.69, 9.17) is 0 Å². The van der Waals surface area contributed by atoms with Crippen molar-refractivity contribution in [3.05, 3.63) is 48.7 Å². The molecule has 1 aromatic carbocycles. The molecule has 100 valence electrons. The van der Waals surface area contributed by atoms with Gasteiger partial charge < -0.3 is 0 Å². The fourth-order valence-electron chi connectivity index (χ4n) is 1.76. The Balaban J connectivity index is 2.18. The normalized spacial score (nSPS) is 11.6. The van der Waals surface area contributed by atoms with Crippen LogP contribution in [0.4, 0.5) is 0 Å². The predicted molar refractivity (Wildman–Crippen MR) is 69.7 cm³/mol. The van der Waals surface area contributed by atoms with E-state index in [1.165, 1.54) is 43.1 Å². The van der Waals surface area contributed by atoms with Crippen molar-refractivity contribution in [3.8, 4) is 0 Å². The highest BCUT2D eigenvalue weighted by molar-refractivity contribution is 7.90. The molecule has 2 heterocycles. The van der Waals surface area contributed by atoms with Gasteiger partial charge >= 0.3 is 0 Å². The number of imidazole rings is 1. The van der Waals surface area contributed by atoms with Crippen LogP contribution in [0, 0.1) is 0 Å². The molecule has 3 aromatic rings. The van der Waals surface area contributed by atoms with Crippen molar-refractivity contribution in [1.29, 1.82) is 0 Å². The number of fused-ring (bicyclic) bond motifs is 1. The zero-order chi connectivity index (χ0) is 14.2. The SMILES string of the molecule is O=Cc1ccc(S(=O)(=O)n2cnc3ncncc32)cc1. The van der Waals surface area contributed by atoms with Gasteiger partial charge in [-0.3, -0.25) is 4.79 Å². The second-order valence-electron chi connectivity index (χ2n) is 3.96. The zero-order valence-corrected chi connectivity index (χ0v) is 10.9. The molecule has 8 heteroatoms. The monoisotopic (exact) mass is 288 g/mol. The van der Waals surface area contributed by atoms with Crippen LogP contribution in [0.2, 0.25) is 0 Å². The van der Waals surface area contributed by atoms with Gasteiger partial charge in [0.1, 0.15) is 24.5 Å². The topological polar surface area (TPSA) is 94.8 Å². The molecule has 0 unspecified atom stereocenters. The van der Waals surface area contributed by atoms with Crippen molar-refractivity contribution in [2.75, 3.05) is 0 Å². The van der Waals surface area contributed by atoms with Gasteiger partial charge in [-0.05, 0) is 12.1 Å². The molecule has 0 spiro atoms. The Morgan fingerprint density at radius 2 is 1.85 bits per heavy atom. The van der Waals surface area contributed by atoms with Crippen LogP contribution in [0.25, 0.3) is 11.2 Å². The summed E-state index contributed by atoms with van der Waals surface area (Å²) in [5, 5.41) is 0. The number of rotatable bonds is 3. The average Bonchev–Trinajstić information content (AvgIpc) is 2.92. The molecule has 20 heavy (non-hydrogen) atoms. The van der Waals surface area contributed by atoms with Gasteiger partial charge in [-0.2, -0.15) is 0 Å². The molecule has 0 N–H and O–H groups in total. The van der Waals surface area contributed by atoms with Crippen molar-refractivity contribution in [3.63, 3.8) is 0 Å². The Bertz CT molecular complexity index is 884. The van der Waals surface area contributed by atoms with Crippen LogP contribution in [-0.4, -0.2) is 33.6 Å². The number of nitrogens with zero attached hydrogens (tertiary/aromatic N) is 4. The number of hydrogen-bond acceptors (Lipinski definition) is 6. The number of hydrogen-bond donors (Lipinski definition) is 0. The van der Waals surface area contributed by atoms with Crippen LogP contribution in [0.3, 0.4) is 0 Å². The van der Waals surface area contributed by atoms with E-state index in [0.717, 1.165) is 3.97 Å². The van der Waals surface area contributed by atoms with Gasteiger partial charge in [0.05, 0.1) is 11.1 Å². The summed E-state index contributed by atoms with van der Waals surface area (Å²) in [5.41, 5.74) is 1.00. The third-order valence-electron chi connectivity index (χ3n) is 2.77. The molecular formula is C12H8N4O3S. The Morgan fingerprint density at radius 3 is 2.55 bits per heavy atom. The van der Waals surface area contributed by atoms with Crippen LogP contribution >= 0.6 is 0 Å². The summed E-state index contributed by atoms with van der Waals surface area (Å²) in [6.45, 7) is 0. The third-order valence-corrected chi connectivity index (χ3v) is 4.44. The number of aldehydes is 1. The van der Waals surface area contributed by atoms with Crippen LogP contribution < -0.4 is 0 Å². The molecule has 0 saturated carbocycles. The first-order valence-electron chi connectivity index (χ1n) is 5.57. The zero-order valence-electron chi connectivity index (χ0n) is 10.0.